The van der Waals surface area contributed by atoms with Gasteiger partial charge in [-0.25, -0.2) is 0 Å². The molecule has 0 spiro atoms. The van der Waals surface area contributed by atoms with Crippen molar-refractivity contribution in [3.05, 3.63) is 17.5 Å². The highest BCUT2D eigenvalue weighted by atomic mass is 35.5. The van der Waals surface area contributed by atoms with Crippen LogP contribution in [-0.2, 0) is 0 Å². The monoisotopic (exact) mass is 256 g/mol. The van der Waals surface area contributed by atoms with E-state index in [1.54, 1.807) is 6.92 Å². The van der Waals surface area contributed by atoms with Crippen LogP contribution in [0.4, 0.5) is 0 Å². The average molecular weight is 257 g/mol. The zero-order chi connectivity index (χ0) is 12.3. The summed E-state index contributed by atoms with van der Waals surface area (Å²) in [6, 6.07) is 0.329. The number of alkyl halides is 1. The van der Waals surface area contributed by atoms with E-state index in [1.807, 2.05) is 4.90 Å². The van der Waals surface area contributed by atoms with Gasteiger partial charge in [0.1, 0.15) is 11.3 Å². The van der Waals surface area contributed by atoms with Crippen LogP contribution in [-0.4, -0.2) is 34.4 Å². The fraction of sp³-hybridized carbons (Fsp3) is 0.667. The maximum Gasteiger partial charge on any atom is 0.259 e. The molecule has 0 saturated carbocycles. The number of aromatic nitrogens is 1. The number of rotatable bonds is 4. The fourth-order valence-corrected chi connectivity index (χ4v) is 2.53. The molecular weight excluding hydrogens is 240 g/mol. The van der Waals surface area contributed by atoms with Crippen LogP contribution >= 0.6 is 11.6 Å². The minimum absolute atomic E-state index is 0.0424. The molecule has 4 nitrogen and oxygen atoms in total. The van der Waals surface area contributed by atoms with Crippen LogP contribution in [0.5, 0.6) is 0 Å². The molecule has 1 amide bonds. The Balaban J connectivity index is 2.06. The van der Waals surface area contributed by atoms with Crippen molar-refractivity contribution in [3.8, 4) is 0 Å². The molecule has 0 N–H and O–H groups in total. The van der Waals surface area contributed by atoms with Gasteiger partial charge in [-0.1, -0.05) is 5.16 Å². The lowest BCUT2D eigenvalue weighted by Crippen LogP contribution is -2.35. The van der Waals surface area contributed by atoms with E-state index >= 15 is 0 Å². The first-order valence-corrected chi connectivity index (χ1v) is 6.55. The Bertz CT molecular complexity index is 392. The molecule has 1 fully saturated rings. The number of hydrogen-bond acceptors (Lipinski definition) is 3. The van der Waals surface area contributed by atoms with Gasteiger partial charge in [0.25, 0.3) is 5.91 Å². The summed E-state index contributed by atoms with van der Waals surface area (Å²) in [5, 5.41) is 3.66. The molecule has 17 heavy (non-hydrogen) atoms. The van der Waals surface area contributed by atoms with Crippen LogP contribution < -0.4 is 0 Å². The van der Waals surface area contributed by atoms with E-state index < -0.39 is 0 Å². The number of aryl methyl sites for hydroxylation is 1. The summed E-state index contributed by atoms with van der Waals surface area (Å²) in [5.74, 6) is 1.30. The summed E-state index contributed by atoms with van der Waals surface area (Å²) >= 11 is 5.70. The lowest BCUT2D eigenvalue weighted by Gasteiger charge is -2.24. The van der Waals surface area contributed by atoms with Crippen molar-refractivity contribution in [1.29, 1.82) is 0 Å². The van der Waals surface area contributed by atoms with Crippen LogP contribution in [0.2, 0.25) is 0 Å². The zero-order valence-electron chi connectivity index (χ0n) is 9.99. The van der Waals surface area contributed by atoms with Gasteiger partial charge in [-0.05, 0) is 32.6 Å². The number of carbonyl (C=O) groups is 1. The predicted molar refractivity (Wildman–Crippen MR) is 65.3 cm³/mol. The lowest BCUT2D eigenvalue weighted by atomic mass is 10.1. The van der Waals surface area contributed by atoms with Gasteiger partial charge in [0, 0.05) is 18.5 Å². The molecule has 2 heterocycles. The van der Waals surface area contributed by atoms with Gasteiger partial charge in [0.15, 0.2) is 0 Å². The van der Waals surface area contributed by atoms with Crippen LogP contribution in [0.25, 0.3) is 0 Å². The first kappa shape index (κ1) is 12.4. The van der Waals surface area contributed by atoms with Gasteiger partial charge < -0.3 is 9.42 Å². The molecule has 0 bridgehead atoms. The SMILES string of the molecule is Cc1oncc1C(=O)N1CCCC1CCCCl. The first-order chi connectivity index (χ1) is 8.24. The minimum Gasteiger partial charge on any atom is -0.361 e. The molecule has 1 atom stereocenters. The maximum atomic E-state index is 12.3. The summed E-state index contributed by atoms with van der Waals surface area (Å²) < 4.78 is 4.94. The normalized spacial score (nSPS) is 19.9. The molecule has 0 radical (unpaired) electrons. The highest BCUT2D eigenvalue weighted by Crippen LogP contribution is 2.24. The molecule has 0 aliphatic carbocycles. The molecule has 1 saturated heterocycles. The standard InChI is InChI=1S/C12H17ClN2O2/c1-9-11(8-14-17-9)12(16)15-7-3-5-10(15)4-2-6-13/h8,10H,2-7H2,1H3. The Labute approximate surface area is 106 Å². The van der Waals surface area contributed by atoms with Gasteiger partial charge >= 0.3 is 0 Å². The quantitative estimate of drug-likeness (QED) is 0.778. The second-order valence-electron chi connectivity index (χ2n) is 4.42. The van der Waals surface area contributed by atoms with Crippen molar-refractivity contribution in [3.63, 3.8) is 0 Å². The Morgan fingerprint density at radius 3 is 3.18 bits per heavy atom. The van der Waals surface area contributed by atoms with E-state index in [9.17, 15) is 4.79 Å². The number of nitrogens with zero attached hydrogens (tertiary/aromatic N) is 2. The van der Waals surface area contributed by atoms with Crippen LogP contribution in [0.15, 0.2) is 10.7 Å². The van der Waals surface area contributed by atoms with E-state index in [4.69, 9.17) is 16.1 Å². The highest BCUT2D eigenvalue weighted by Gasteiger charge is 2.30. The van der Waals surface area contributed by atoms with E-state index in [1.165, 1.54) is 6.20 Å². The van der Waals surface area contributed by atoms with E-state index in [2.05, 4.69) is 5.16 Å². The van der Waals surface area contributed by atoms with Crippen molar-refractivity contribution in [2.75, 3.05) is 12.4 Å². The smallest absolute Gasteiger partial charge is 0.259 e. The molecule has 1 aromatic heterocycles. The molecule has 5 heteroatoms. The number of hydrogen-bond donors (Lipinski definition) is 0. The Morgan fingerprint density at radius 1 is 1.71 bits per heavy atom. The summed E-state index contributed by atoms with van der Waals surface area (Å²) in [5.41, 5.74) is 0.586. The van der Waals surface area contributed by atoms with Crippen molar-refractivity contribution in [2.24, 2.45) is 0 Å². The van der Waals surface area contributed by atoms with Crippen molar-refractivity contribution in [1.82, 2.24) is 10.1 Å². The highest BCUT2D eigenvalue weighted by molar-refractivity contribution is 6.17. The lowest BCUT2D eigenvalue weighted by molar-refractivity contribution is 0.0728. The van der Waals surface area contributed by atoms with Crippen molar-refractivity contribution in [2.45, 2.75) is 38.6 Å². The molecule has 1 unspecified atom stereocenters. The molecule has 1 aromatic rings. The number of halogens is 1. The third-order valence-electron chi connectivity index (χ3n) is 3.29. The van der Waals surface area contributed by atoms with Gasteiger partial charge in [0.2, 0.25) is 0 Å². The van der Waals surface area contributed by atoms with E-state index in [-0.39, 0.29) is 5.91 Å². The molecule has 1 aliphatic heterocycles. The van der Waals surface area contributed by atoms with E-state index in [0.29, 0.717) is 23.2 Å². The van der Waals surface area contributed by atoms with Gasteiger partial charge in [-0.15, -0.1) is 11.6 Å². The second-order valence-corrected chi connectivity index (χ2v) is 4.80. The topological polar surface area (TPSA) is 46.3 Å². The van der Waals surface area contributed by atoms with Crippen molar-refractivity contribution >= 4 is 17.5 Å². The largest absolute Gasteiger partial charge is 0.361 e. The first-order valence-electron chi connectivity index (χ1n) is 6.02. The fourth-order valence-electron chi connectivity index (χ4n) is 2.37. The summed E-state index contributed by atoms with van der Waals surface area (Å²) in [6.07, 6.45) is 5.60. The summed E-state index contributed by atoms with van der Waals surface area (Å²) in [4.78, 5) is 14.2. The predicted octanol–water partition coefficient (Wildman–Crippen LogP) is 2.61. The van der Waals surface area contributed by atoms with Gasteiger partial charge in [-0.2, -0.15) is 0 Å². The van der Waals surface area contributed by atoms with Gasteiger partial charge in [-0.3, -0.25) is 4.79 Å². The third-order valence-corrected chi connectivity index (χ3v) is 3.56. The average Bonchev–Trinajstić information content (AvgIpc) is 2.94. The minimum atomic E-state index is 0.0424. The van der Waals surface area contributed by atoms with Crippen molar-refractivity contribution < 1.29 is 9.32 Å². The Kier molecular flexibility index (Phi) is 4.05. The number of carbonyl (C=O) groups excluding carboxylic acids is 1. The number of likely N-dealkylation sites (tertiary alicyclic amines) is 1. The summed E-state index contributed by atoms with van der Waals surface area (Å²) in [7, 11) is 0. The van der Waals surface area contributed by atoms with Gasteiger partial charge in [0.05, 0.1) is 6.20 Å². The Hall–Kier alpha value is -1.03. The van der Waals surface area contributed by atoms with E-state index in [0.717, 1.165) is 32.2 Å². The Morgan fingerprint density at radius 2 is 2.53 bits per heavy atom. The molecule has 0 aromatic carbocycles. The molecular formula is C12H17ClN2O2. The molecule has 1 aliphatic rings. The summed E-state index contributed by atoms with van der Waals surface area (Å²) in [6.45, 7) is 2.60. The molecule has 94 valence electrons. The second kappa shape index (κ2) is 5.54. The van der Waals surface area contributed by atoms with Crippen LogP contribution in [0, 0.1) is 6.92 Å². The molecule has 2 rings (SSSR count). The van der Waals surface area contributed by atoms with Crippen LogP contribution in [0.3, 0.4) is 0 Å². The van der Waals surface area contributed by atoms with Crippen LogP contribution in [0.1, 0.15) is 41.8 Å². The zero-order valence-corrected chi connectivity index (χ0v) is 10.7. The third kappa shape index (κ3) is 2.63. The maximum absolute atomic E-state index is 12.3. The number of amides is 1.